The number of aliphatic hydroxyl groups excluding tert-OH is 2. The molecule has 0 aliphatic rings. The zero-order chi connectivity index (χ0) is 40.8. The maximum absolute atomic E-state index is 12.4. The van der Waals surface area contributed by atoms with Crippen LogP contribution in [0.5, 0.6) is 0 Å². The SMILES string of the molecule is CCCCCCCCCCCCCCCCCC(O)C(CO)NC(=O)CCCCCC/C=C\CCCCOC(=O)CCCCCCCCCCCCCCCC. The molecule has 332 valence electrons. The van der Waals surface area contributed by atoms with Crippen LogP contribution >= 0.6 is 0 Å². The van der Waals surface area contributed by atoms with Crippen molar-refractivity contribution < 1.29 is 24.5 Å². The van der Waals surface area contributed by atoms with Crippen LogP contribution in [0.1, 0.15) is 271 Å². The van der Waals surface area contributed by atoms with Crippen molar-refractivity contribution in [3.05, 3.63) is 12.2 Å². The van der Waals surface area contributed by atoms with Crippen LogP contribution < -0.4 is 5.32 Å². The molecule has 0 rings (SSSR count). The maximum Gasteiger partial charge on any atom is 0.305 e. The molecule has 0 spiro atoms. The summed E-state index contributed by atoms with van der Waals surface area (Å²) in [6, 6.07) is -0.565. The summed E-state index contributed by atoms with van der Waals surface area (Å²) in [7, 11) is 0. The number of amides is 1. The van der Waals surface area contributed by atoms with E-state index in [1.165, 1.54) is 161 Å². The van der Waals surface area contributed by atoms with Crippen molar-refractivity contribution in [2.45, 2.75) is 283 Å². The first-order valence-corrected chi connectivity index (χ1v) is 24.9. The van der Waals surface area contributed by atoms with Gasteiger partial charge in [0.2, 0.25) is 5.91 Å². The summed E-state index contributed by atoms with van der Waals surface area (Å²) in [5, 5.41) is 23.2. The molecule has 6 heteroatoms. The van der Waals surface area contributed by atoms with Crippen LogP contribution in [0, 0.1) is 0 Å². The molecule has 56 heavy (non-hydrogen) atoms. The summed E-state index contributed by atoms with van der Waals surface area (Å²) < 4.78 is 5.43. The van der Waals surface area contributed by atoms with E-state index in [1.54, 1.807) is 0 Å². The Morgan fingerprint density at radius 3 is 1.27 bits per heavy atom. The quantitative estimate of drug-likeness (QED) is 0.0324. The third kappa shape index (κ3) is 42.2. The first-order chi connectivity index (χ1) is 27.5. The summed E-state index contributed by atoms with van der Waals surface area (Å²) in [6.07, 6.45) is 51.8. The number of hydrogen-bond donors (Lipinski definition) is 3. The lowest BCUT2D eigenvalue weighted by atomic mass is 10.0. The molecule has 0 fully saturated rings. The lowest BCUT2D eigenvalue weighted by Crippen LogP contribution is -2.45. The highest BCUT2D eigenvalue weighted by Crippen LogP contribution is 2.16. The van der Waals surface area contributed by atoms with Crippen molar-refractivity contribution in [2.24, 2.45) is 0 Å². The number of ether oxygens (including phenoxy) is 1. The summed E-state index contributed by atoms with van der Waals surface area (Å²) >= 11 is 0. The van der Waals surface area contributed by atoms with Crippen molar-refractivity contribution in [1.29, 1.82) is 0 Å². The van der Waals surface area contributed by atoms with Crippen LogP contribution in [0.4, 0.5) is 0 Å². The first kappa shape index (κ1) is 54.6. The number of aliphatic hydroxyl groups is 2. The molecule has 6 nitrogen and oxygen atoms in total. The van der Waals surface area contributed by atoms with Crippen LogP contribution in [0.25, 0.3) is 0 Å². The van der Waals surface area contributed by atoms with Crippen molar-refractivity contribution in [3.63, 3.8) is 0 Å². The topological polar surface area (TPSA) is 95.9 Å². The van der Waals surface area contributed by atoms with Gasteiger partial charge in [-0.1, -0.05) is 219 Å². The molecule has 0 bridgehead atoms. The number of unbranched alkanes of at least 4 members (excludes halogenated alkanes) is 33. The number of carbonyl (C=O) groups is 2. The van der Waals surface area contributed by atoms with Gasteiger partial charge >= 0.3 is 5.97 Å². The zero-order valence-corrected chi connectivity index (χ0v) is 37.6. The lowest BCUT2D eigenvalue weighted by Gasteiger charge is -2.22. The smallest absolute Gasteiger partial charge is 0.305 e. The van der Waals surface area contributed by atoms with E-state index in [9.17, 15) is 19.8 Å². The molecule has 0 saturated carbocycles. The van der Waals surface area contributed by atoms with E-state index in [2.05, 4.69) is 31.3 Å². The highest BCUT2D eigenvalue weighted by atomic mass is 16.5. The predicted molar refractivity (Wildman–Crippen MR) is 241 cm³/mol. The average molecular weight is 792 g/mol. The van der Waals surface area contributed by atoms with E-state index in [0.29, 0.717) is 25.9 Å². The van der Waals surface area contributed by atoms with Crippen molar-refractivity contribution in [3.8, 4) is 0 Å². The fraction of sp³-hybridized carbons (Fsp3) is 0.920. The van der Waals surface area contributed by atoms with Gasteiger partial charge in [0, 0.05) is 12.8 Å². The summed E-state index contributed by atoms with van der Waals surface area (Å²) in [5.74, 6) is -0.103. The fourth-order valence-corrected chi connectivity index (χ4v) is 7.69. The van der Waals surface area contributed by atoms with Gasteiger partial charge in [0.1, 0.15) is 0 Å². The van der Waals surface area contributed by atoms with Gasteiger partial charge in [0.15, 0.2) is 0 Å². The standard InChI is InChI=1S/C50H97NO5/c1-3-5-7-9-11-13-15-17-19-20-22-26-30-34-38-42-48(53)47(46-52)51-49(54)43-39-35-31-27-24-25-29-33-37-41-45-56-50(55)44-40-36-32-28-23-21-18-16-14-12-10-8-6-4-2/h25,29,47-48,52-53H,3-24,26-28,30-46H2,1-2H3,(H,51,54)/b29-25-. The molecular weight excluding hydrogens is 695 g/mol. The molecule has 0 aliphatic carbocycles. The average Bonchev–Trinajstić information content (AvgIpc) is 3.20. The highest BCUT2D eigenvalue weighted by Gasteiger charge is 2.20. The molecular formula is C50H97NO5. The number of carbonyl (C=O) groups excluding carboxylic acids is 2. The Labute approximate surface area is 349 Å². The third-order valence-corrected chi connectivity index (χ3v) is 11.6. The van der Waals surface area contributed by atoms with Gasteiger partial charge in [-0.15, -0.1) is 0 Å². The van der Waals surface area contributed by atoms with E-state index in [0.717, 1.165) is 77.0 Å². The van der Waals surface area contributed by atoms with E-state index < -0.39 is 12.1 Å². The van der Waals surface area contributed by atoms with E-state index in [1.807, 2.05) is 0 Å². The lowest BCUT2D eigenvalue weighted by molar-refractivity contribution is -0.143. The molecule has 0 heterocycles. The van der Waals surface area contributed by atoms with Crippen molar-refractivity contribution in [2.75, 3.05) is 13.2 Å². The van der Waals surface area contributed by atoms with Gasteiger partial charge in [-0.2, -0.15) is 0 Å². The van der Waals surface area contributed by atoms with Crippen molar-refractivity contribution >= 4 is 11.9 Å². The second kappa shape index (κ2) is 46.3. The van der Waals surface area contributed by atoms with E-state index >= 15 is 0 Å². The minimum atomic E-state index is -0.684. The second-order valence-corrected chi connectivity index (χ2v) is 17.1. The molecule has 0 aromatic carbocycles. The Hall–Kier alpha value is -1.40. The van der Waals surface area contributed by atoms with Gasteiger partial charge in [-0.05, 0) is 51.4 Å². The Morgan fingerprint density at radius 2 is 0.839 bits per heavy atom. The van der Waals surface area contributed by atoms with Gasteiger partial charge in [-0.25, -0.2) is 0 Å². The third-order valence-electron chi connectivity index (χ3n) is 11.6. The Bertz CT molecular complexity index is 832. The molecule has 2 atom stereocenters. The minimum Gasteiger partial charge on any atom is -0.466 e. The van der Waals surface area contributed by atoms with Gasteiger partial charge < -0.3 is 20.3 Å². The number of nitrogens with one attached hydrogen (secondary N) is 1. The van der Waals surface area contributed by atoms with Crippen LogP contribution in [0.15, 0.2) is 12.2 Å². The number of esters is 1. The molecule has 1 amide bonds. The van der Waals surface area contributed by atoms with Crippen LogP contribution in [0.3, 0.4) is 0 Å². The van der Waals surface area contributed by atoms with Gasteiger partial charge in [0.05, 0.1) is 25.4 Å². The van der Waals surface area contributed by atoms with E-state index in [-0.39, 0.29) is 18.5 Å². The second-order valence-electron chi connectivity index (χ2n) is 17.1. The largest absolute Gasteiger partial charge is 0.466 e. The number of hydrogen-bond acceptors (Lipinski definition) is 5. The molecule has 0 saturated heterocycles. The molecule has 2 unspecified atom stereocenters. The van der Waals surface area contributed by atoms with Gasteiger partial charge in [0.25, 0.3) is 0 Å². The minimum absolute atomic E-state index is 0.0339. The Balaban J connectivity index is 3.52. The Morgan fingerprint density at radius 1 is 0.482 bits per heavy atom. The van der Waals surface area contributed by atoms with Crippen molar-refractivity contribution in [1.82, 2.24) is 5.32 Å². The number of rotatable bonds is 46. The van der Waals surface area contributed by atoms with Crippen LogP contribution in [0.2, 0.25) is 0 Å². The fourth-order valence-electron chi connectivity index (χ4n) is 7.69. The Kier molecular flexibility index (Phi) is 45.1. The number of allylic oxidation sites excluding steroid dienone is 2. The maximum atomic E-state index is 12.4. The monoisotopic (exact) mass is 792 g/mol. The molecule has 3 N–H and O–H groups in total. The molecule has 0 radical (unpaired) electrons. The first-order valence-electron chi connectivity index (χ1n) is 24.9. The van der Waals surface area contributed by atoms with E-state index in [4.69, 9.17) is 4.74 Å². The summed E-state index contributed by atoms with van der Waals surface area (Å²) in [4.78, 5) is 24.4. The predicted octanol–water partition coefficient (Wildman–Crippen LogP) is 14.6. The highest BCUT2D eigenvalue weighted by molar-refractivity contribution is 5.76. The summed E-state index contributed by atoms with van der Waals surface area (Å²) in [6.45, 7) is 4.87. The molecule has 0 aromatic rings. The van der Waals surface area contributed by atoms with Crippen LogP contribution in [-0.4, -0.2) is 47.4 Å². The summed E-state index contributed by atoms with van der Waals surface area (Å²) in [5.41, 5.74) is 0. The van der Waals surface area contributed by atoms with Crippen LogP contribution in [-0.2, 0) is 14.3 Å². The molecule has 0 aromatic heterocycles. The zero-order valence-electron chi connectivity index (χ0n) is 37.6. The molecule has 0 aliphatic heterocycles. The van der Waals surface area contributed by atoms with Gasteiger partial charge in [-0.3, -0.25) is 9.59 Å². The normalized spacial score (nSPS) is 12.7.